The van der Waals surface area contributed by atoms with Gasteiger partial charge in [0.15, 0.2) is 0 Å². The van der Waals surface area contributed by atoms with Crippen LogP contribution in [0.25, 0.3) is 0 Å². The highest BCUT2D eigenvalue weighted by atomic mass is 19.1. The maximum absolute atomic E-state index is 13.2. The average molecular weight is 346 g/mol. The van der Waals surface area contributed by atoms with Gasteiger partial charge in [-0.05, 0) is 50.3 Å². The van der Waals surface area contributed by atoms with Crippen LogP contribution in [0.3, 0.4) is 0 Å². The Morgan fingerprint density at radius 1 is 1.16 bits per heavy atom. The zero-order valence-corrected chi connectivity index (χ0v) is 14.9. The Morgan fingerprint density at radius 2 is 1.84 bits per heavy atom. The van der Waals surface area contributed by atoms with E-state index in [4.69, 9.17) is 4.74 Å². The number of carbonyl (C=O) groups is 1. The number of carbonyl (C=O) groups excluding carboxylic acids is 1. The Labute approximate surface area is 148 Å². The lowest BCUT2D eigenvalue weighted by atomic mass is 9.92. The normalized spacial score (nSPS) is 27.3. The van der Waals surface area contributed by atoms with E-state index in [-0.39, 0.29) is 17.1 Å². The lowest BCUT2D eigenvalue weighted by Crippen LogP contribution is -2.53. The van der Waals surface area contributed by atoms with Crippen molar-refractivity contribution in [3.63, 3.8) is 0 Å². The number of benzene rings is 1. The molecule has 1 aromatic rings. The van der Waals surface area contributed by atoms with Crippen LogP contribution in [0, 0.1) is 5.82 Å². The monoisotopic (exact) mass is 346 g/mol. The van der Waals surface area contributed by atoms with Gasteiger partial charge in [-0.15, -0.1) is 0 Å². The summed E-state index contributed by atoms with van der Waals surface area (Å²) in [4.78, 5) is 17.7. The van der Waals surface area contributed by atoms with Gasteiger partial charge in [-0.3, -0.25) is 9.69 Å². The van der Waals surface area contributed by atoms with Crippen LogP contribution in [-0.2, 0) is 14.9 Å². The van der Waals surface area contributed by atoms with E-state index in [0.29, 0.717) is 12.1 Å². The lowest BCUT2D eigenvalue weighted by Gasteiger charge is -2.42. The van der Waals surface area contributed by atoms with Crippen LogP contribution in [0.5, 0.6) is 0 Å². The molecule has 1 atom stereocenters. The second-order valence-corrected chi connectivity index (χ2v) is 7.79. The number of halogens is 1. The molecule has 3 fully saturated rings. The summed E-state index contributed by atoms with van der Waals surface area (Å²) in [5, 5.41) is 0. The van der Waals surface area contributed by atoms with Gasteiger partial charge in [0.2, 0.25) is 5.91 Å². The molecule has 1 aliphatic carbocycles. The third-order valence-corrected chi connectivity index (χ3v) is 6.10. The molecule has 2 saturated heterocycles. The summed E-state index contributed by atoms with van der Waals surface area (Å²) in [6.07, 6.45) is 4.16. The van der Waals surface area contributed by atoms with E-state index in [0.717, 1.165) is 64.0 Å². The first-order valence-corrected chi connectivity index (χ1v) is 9.49. The fraction of sp³-hybridized carbons (Fsp3) is 0.650. The smallest absolute Gasteiger partial charge is 0.233 e. The van der Waals surface area contributed by atoms with Crippen LogP contribution in [-0.4, -0.2) is 60.6 Å². The Kier molecular flexibility index (Phi) is 4.54. The first-order valence-electron chi connectivity index (χ1n) is 9.49. The van der Waals surface area contributed by atoms with Crippen molar-refractivity contribution in [1.82, 2.24) is 9.80 Å². The molecule has 3 aliphatic rings. The number of likely N-dealkylation sites (tertiary alicyclic amines) is 1. The highest BCUT2D eigenvalue weighted by molar-refractivity contribution is 5.91. The summed E-state index contributed by atoms with van der Waals surface area (Å²) in [7, 11) is 0. The molecule has 0 radical (unpaired) electrons. The van der Waals surface area contributed by atoms with E-state index in [1.165, 1.54) is 12.1 Å². The third kappa shape index (κ3) is 3.32. The van der Waals surface area contributed by atoms with Gasteiger partial charge in [0.25, 0.3) is 0 Å². The van der Waals surface area contributed by atoms with Gasteiger partial charge < -0.3 is 9.64 Å². The van der Waals surface area contributed by atoms with Crippen LogP contribution in [0.15, 0.2) is 24.3 Å². The number of ether oxygens (including phenoxy) is 1. The SMILES string of the molecule is C[C@H]1CN(C2CCN(C(=O)C3(c4ccc(F)cc4)CC3)CC2)CCO1. The molecular weight excluding hydrogens is 319 g/mol. The van der Waals surface area contributed by atoms with Crippen LogP contribution in [0.4, 0.5) is 4.39 Å². The quantitative estimate of drug-likeness (QED) is 0.843. The molecule has 1 saturated carbocycles. The van der Waals surface area contributed by atoms with Gasteiger partial charge in [0.05, 0.1) is 18.1 Å². The Bertz CT molecular complexity index is 621. The second kappa shape index (κ2) is 6.69. The van der Waals surface area contributed by atoms with Crippen molar-refractivity contribution in [3.8, 4) is 0 Å². The summed E-state index contributed by atoms with van der Waals surface area (Å²) in [6, 6.07) is 7.06. The van der Waals surface area contributed by atoms with Crippen molar-refractivity contribution >= 4 is 5.91 Å². The molecule has 0 aromatic heterocycles. The molecule has 1 amide bonds. The predicted octanol–water partition coefficient (Wildman–Crippen LogP) is 2.57. The Hall–Kier alpha value is -1.46. The number of nitrogens with zero attached hydrogens (tertiary/aromatic N) is 2. The zero-order chi connectivity index (χ0) is 17.4. The lowest BCUT2D eigenvalue weighted by molar-refractivity contribution is -0.136. The summed E-state index contributed by atoms with van der Waals surface area (Å²) in [5.74, 6) is 0.000423. The van der Waals surface area contributed by atoms with Crippen molar-refractivity contribution in [2.45, 2.75) is 50.2 Å². The summed E-state index contributed by atoms with van der Waals surface area (Å²) in [6.45, 7) is 6.61. The van der Waals surface area contributed by atoms with E-state index in [1.54, 1.807) is 12.1 Å². The van der Waals surface area contributed by atoms with Crippen molar-refractivity contribution in [2.24, 2.45) is 0 Å². The number of morpholine rings is 1. The zero-order valence-electron chi connectivity index (χ0n) is 14.9. The Balaban J connectivity index is 1.37. The topological polar surface area (TPSA) is 32.8 Å². The number of hydrogen-bond acceptors (Lipinski definition) is 3. The standard InChI is InChI=1S/C20H27FN2O2/c1-15-14-23(12-13-25-15)18-6-10-22(11-7-18)19(24)20(8-9-20)16-2-4-17(21)5-3-16/h2-5,15,18H,6-14H2,1H3/t15-/m0/s1. The molecule has 0 N–H and O–H groups in total. The van der Waals surface area contributed by atoms with Crippen molar-refractivity contribution in [3.05, 3.63) is 35.6 Å². The largest absolute Gasteiger partial charge is 0.376 e. The summed E-state index contributed by atoms with van der Waals surface area (Å²) < 4.78 is 18.8. The first-order chi connectivity index (χ1) is 12.1. The van der Waals surface area contributed by atoms with E-state index < -0.39 is 0 Å². The highest BCUT2D eigenvalue weighted by Crippen LogP contribution is 2.50. The minimum Gasteiger partial charge on any atom is -0.376 e. The molecule has 1 aromatic carbocycles. The van der Waals surface area contributed by atoms with E-state index in [2.05, 4.69) is 11.8 Å². The molecular formula is C20H27FN2O2. The minimum atomic E-state index is -0.381. The van der Waals surface area contributed by atoms with Crippen LogP contribution >= 0.6 is 0 Å². The molecule has 4 rings (SSSR count). The third-order valence-electron chi connectivity index (χ3n) is 6.10. The van der Waals surface area contributed by atoms with Crippen LogP contribution < -0.4 is 0 Å². The fourth-order valence-electron chi connectivity index (χ4n) is 4.43. The van der Waals surface area contributed by atoms with Gasteiger partial charge in [-0.1, -0.05) is 12.1 Å². The number of amides is 1. The van der Waals surface area contributed by atoms with E-state index in [9.17, 15) is 9.18 Å². The first kappa shape index (κ1) is 17.0. The molecule has 5 heteroatoms. The Morgan fingerprint density at radius 3 is 2.44 bits per heavy atom. The van der Waals surface area contributed by atoms with Crippen molar-refractivity contribution < 1.29 is 13.9 Å². The molecule has 0 bridgehead atoms. The molecule has 2 aliphatic heterocycles. The van der Waals surface area contributed by atoms with Gasteiger partial charge in [-0.25, -0.2) is 4.39 Å². The summed E-state index contributed by atoms with van der Waals surface area (Å²) in [5.41, 5.74) is 0.594. The molecule has 0 spiro atoms. The maximum atomic E-state index is 13.2. The van der Waals surface area contributed by atoms with Gasteiger partial charge >= 0.3 is 0 Å². The molecule has 25 heavy (non-hydrogen) atoms. The van der Waals surface area contributed by atoms with Gasteiger partial charge in [-0.2, -0.15) is 0 Å². The van der Waals surface area contributed by atoms with Crippen molar-refractivity contribution in [2.75, 3.05) is 32.8 Å². The predicted molar refractivity (Wildman–Crippen MR) is 93.9 cm³/mol. The summed E-state index contributed by atoms with van der Waals surface area (Å²) >= 11 is 0. The number of rotatable bonds is 3. The maximum Gasteiger partial charge on any atom is 0.233 e. The number of hydrogen-bond donors (Lipinski definition) is 0. The molecule has 2 heterocycles. The molecule has 0 unspecified atom stereocenters. The average Bonchev–Trinajstić information content (AvgIpc) is 3.44. The van der Waals surface area contributed by atoms with Crippen LogP contribution in [0.2, 0.25) is 0 Å². The minimum absolute atomic E-state index is 0.243. The number of piperidine rings is 1. The molecule has 136 valence electrons. The second-order valence-electron chi connectivity index (χ2n) is 7.79. The molecule has 4 nitrogen and oxygen atoms in total. The van der Waals surface area contributed by atoms with Crippen molar-refractivity contribution in [1.29, 1.82) is 0 Å². The highest BCUT2D eigenvalue weighted by Gasteiger charge is 2.53. The van der Waals surface area contributed by atoms with Crippen LogP contribution in [0.1, 0.15) is 38.2 Å². The van der Waals surface area contributed by atoms with E-state index >= 15 is 0 Å². The van der Waals surface area contributed by atoms with Gasteiger partial charge in [0, 0.05) is 32.2 Å². The van der Waals surface area contributed by atoms with Gasteiger partial charge in [0.1, 0.15) is 5.82 Å². The fourth-order valence-corrected chi connectivity index (χ4v) is 4.43. The van der Waals surface area contributed by atoms with E-state index in [1.807, 2.05) is 4.90 Å².